The largest absolute Gasteiger partial charge is 0.508 e. The summed E-state index contributed by atoms with van der Waals surface area (Å²) >= 11 is 0. The Balaban J connectivity index is 0.00000162. The first kappa shape index (κ1) is 15.1. The summed E-state index contributed by atoms with van der Waals surface area (Å²) in [5.41, 5.74) is 8.08. The molecule has 3 nitrogen and oxygen atoms in total. The van der Waals surface area contributed by atoms with Crippen LogP contribution in [0.15, 0.2) is 18.2 Å². The number of nitrogens with two attached hydrogens (primary N) is 1. The van der Waals surface area contributed by atoms with Crippen molar-refractivity contribution in [1.82, 2.24) is 0 Å². The second kappa shape index (κ2) is 6.30. The highest BCUT2D eigenvalue weighted by atomic mass is 35.5. The average molecular weight is 271 g/mol. The summed E-state index contributed by atoms with van der Waals surface area (Å²) in [6.45, 7) is 6.13. The van der Waals surface area contributed by atoms with Crippen LogP contribution in [0.5, 0.6) is 5.75 Å². The molecule has 18 heavy (non-hydrogen) atoms. The molecule has 4 heteroatoms. The molecular weight excluding hydrogens is 248 g/mol. The van der Waals surface area contributed by atoms with Crippen molar-refractivity contribution in [3.05, 3.63) is 23.8 Å². The average Bonchev–Trinajstić information content (AvgIpc) is 3.14. The van der Waals surface area contributed by atoms with Crippen LogP contribution in [0.4, 0.5) is 5.69 Å². The zero-order valence-electron chi connectivity index (χ0n) is 11.1. The Kier molecular flexibility index (Phi) is 5.29. The van der Waals surface area contributed by atoms with Crippen molar-refractivity contribution < 1.29 is 5.11 Å². The van der Waals surface area contributed by atoms with Crippen LogP contribution < -0.4 is 10.6 Å². The molecule has 1 aliphatic rings. The van der Waals surface area contributed by atoms with Crippen LogP contribution in [0, 0.1) is 5.92 Å². The van der Waals surface area contributed by atoms with E-state index in [2.05, 4.69) is 24.8 Å². The second-order valence-electron chi connectivity index (χ2n) is 4.78. The van der Waals surface area contributed by atoms with Crippen LogP contribution in [0.2, 0.25) is 0 Å². The molecule has 0 aromatic heterocycles. The minimum Gasteiger partial charge on any atom is -0.508 e. The summed E-state index contributed by atoms with van der Waals surface area (Å²) in [7, 11) is 0. The van der Waals surface area contributed by atoms with Gasteiger partial charge in [0, 0.05) is 36.4 Å². The van der Waals surface area contributed by atoms with Gasteiger partial charge in [-0.25, -0.2) is 0 Å². The van der Waals surface area contributed by atoms with Crippen molar-refractivity contribution in [3.8, 4) is 5.75 Å². The maximum absolute atomic E-state index is 10.1. The first-order valence-corrected chi connectivity index (χ1v) is 6.50. The van der Waals surface area contributed by atoms with E-state index in [-0.39, 0.29) is 18.4 Å². The first-order chi connectivity index (χ1) is 8.17. The summed E-state index contributed by atoms with van der Waals surface area (Å²) in [4.78, 5) is 2.21. The molecule has 2 rings (SSSR count). The summed E-state index contributed by atoms with van der Waals surface area (Å²) in [5.74, 6) is 0.911. The minimum atomic E-state index is 0. The number of hydrogen-bond acceptors (Lipinski definition) is 3. The number of rotatable bonds is 5. The molecule has 0 radical (unpaired) electrons. The van der Waals surface area contributed by atoms with E-state index >= 15 is 0 Å². The van der Waals surface area contributed by atoms with Gasteiger partial charge in [0.2, 0.25) is 0 Å². The van der Waals surface area contributed by atoms with Crippen molar-refractivity contribution in [2.24, 2.45) is 11.7 Å². The Labute approximate surface area is 115 Å². The van der Waals surface area contributed by atoms with Crippen LogP contribution in [0.25, 0.3) is 0 Å². The molecule has 0 saturated heterocycles. The number of phenols is 1. The van der Waals surface area contributed by atoms with Gasteiger partial charge in [-0.15, -0.1) is 12.4 Å². The summed E-state index contributed by atoms with van der Waals surface area (Å²) < 4.78 is 0. The smallest absolute Gasteiger partial charge is 0.122 e. The molecule has 0 heterocycles. The normalized spacial score (nSPS) is 15.9. The van der Waals surface area contributed by atoms with E-state index in [4.69, 9.17) is 5.73 Å². The van der Waals surface area contributed by atoms with Crippen LogP contribution in [0.1, 0.15) is 38.3 Å². The Morgan fingerprint density at radius 2 is 1.94 bits per heavy atom. The van der Waals surface area contributed by atoms with Gasteiger partial charge in [-0.3, -0.25) is 0 Å². The molecule has 1 saturated carbocycles. The fourth-order valence-corrected chi connectivity index (χ4v) is 2.31. The van der Waals surface area contributed by atoms with E-state index in [9.17, 15) is 5.11 Å². The predicted octanol–water partition coefficient (Wildman–Crippen LogP) is 3.07. The monoisotopic (exact) mass is 270 g/mol. The molecule has 1 aromatic rings. The van der Waals surface area contributed by atoms with Crippen molar-refractivity contribution in [2.75, 3.05) is 18.0 Å². The van der Waals surface area contributed by atoms with E-state index in [1.807, 2.05) is 12.1 Å². The van der Waals surface area contributed by atoms with Crippen molar-refractivity contribution in [1.29, 1.82) is 0 Å². The van der Waals surface area contributed by atoms with Gasteiger partial charge < -0.3 is 15.7 Å². The molecule has 0 amide bonds. The summed E-state index contributed by atoms with van der Waals surface area (Å²) in [6.07, 6.45) is 2.39. The standard InChI is InChI=1S/C14H22N2O.ClH/c1-3-16(4-2)11-7-8-12(13(17)9-11)14(15)10-5-6-10;/h7-10,14,17H,3-6,15H2,1-2H3;1H/t14-;/m1./s1. The molecule has 1 aromatic carbocycles. The molecule has 1 aliphatic carbocycles. The third kappa shape index (κ3) is 3.09. The van der Waals surface area contributed by atoms with Crippen LogP contribution in [-0.2, 0) is 0 Å². The van der Waals surface area contributed by atoms with Gasteiger partial charge >= 0.3 is 0 Å². The van der Waals surface area contributed by atoms with Gasteiger partial charge in [0.1, 0.15) is 5.75 Å². The maximum Gasteiger partial charge on any atom is 0.122 e. The lowest BCUT2D eigenvalue weighted by atomic mass is 10.0. The van der Waals surface area contributed by atoms with E-state index in [0.717, 1.165) is 24.3 Å². The lowest BCUT2D eigenvalue weighted by Crippen LogP contribution is -2.22. The van der Waals surface area contributed by atoms with E-state index in [1.54, 1.807) is 0 Å². The highest BCUT2D eigenvalue weighted by molar-refractivity contribution is 5.85. The van der Waals surface area contributed by atoms with E-state index in [0.29, 0.717) is 11.7 Å². The second-order valence-corrected chi connectivity index (χ2v) is 4.78. The van der Waals surface area contributed by atoms with Crippen LogP contribution >= 0.6 is 12.4 Å². The molecule has 3 N–H and O–H groups in total. The molecule has 0 spiro atoms. The SMILES string of the molecule is CCN(CC)c1ccc([C@H](N)C2CC2)c(O)c1.Cl. The van der Waals surface area contributed by atoms with Crippen molar-refractivity contribution in [3.63, 3.8) is 0 Å². The Hall–Kier alpha value is -0.930. The first-order valence-electron chi connectivity index (χ1n) is 6.50. The van der Waals surface area contributed by atoms with Gasteiger partial charge in [-0.2, -0.15) is 0 Å². The molecule has 1 atom stereocenters. The van der Waals surface area contributed by atoms with E-state index in [1.165, 1.54) is 12.8 Å². The van der Waals surface area contributed by atoms with Crippen LogP contribution in [-0.4, -0.2) is 18.2 Å². The number of aromatic hydroxyl groups is 1. The molecule has 0 bridgehead atoms. The van der Waals surface area contributed by atoms with Gasteiger partial charge in [-0.1, -0.05) is 6.07 Å². The number of hydrogen-bond donors (Lipinski definition) is 2. The summed E-state index contributed by atoms with van der Waals surface area (Å²) in [5, 5.41) is 10.1. The molecule has 0 aliphatic heterocycles. The van der Waals surface area contributed by atoms with Gasteiger partial charge in [0.25, 0.3) is 0 Å². The van der Waals surface area contributed by atoms with Gasteiger partial charge in [0.15, 0.2) is 0 Å². The number of halogens is 1. The Morgan fingerprint density at radius 3 is 2.39 bits per heavy atom. The maximum atomic E-state index is 10.1. The lowest BCUT2D eigenvalue weighted by Gasteiger charge is -2.22. The lowest BCUT2D eigenvalue weighted by molar-refractivity contribution is 0.456. The topological polar surface area (TPSA) is 49.5 Å². The Bertz CT molecular complexity index is 389. The van der Waals surface area contributed by atoms with Crippen molar-refractivity contribution >= 4 is 18.1 Å². The number of phenolic OH excluding ortho intramolecular Hbond substituents is 1. The number of benzene rings is 1. The van der Waals surface area contributed by atoms with Gasteiger partial charge in [-0.05, 0) is 38.7 Å². The van der Waals surface area contributed by atoms with Gasteiger partial charge in [0.05, 0.1) is 0 Å². The van der Waals surface area contributed by atoms with Crippen molar-refractivity contribution in [2.45, 2.75) is 32.7 Å². The quantitative estimate of drug-likeness (QED) is 0.865. The predicted molar refractivity (Wildman–Crippen MR) is 78.6 cm³/mol. The summed E-state index contributed by atoms with van der Waals surface area (Å²) in [6, 6.07) is 5.88. The highest BCUT2D eigenvalue weighted by Crippen LogP contribution is 2.42. The Morgan fingerprint density at radius 1 is 1.33 bits per heavy atom. The number of anilines is 1. The molecule has 102 valence electrons. The third-order valence-corrected chi connectivity index (χ3v) is 3.63. The number of nitrogens with zero attached hydrogens (tertiary/aromatic N) is 1. The molecular formula is C14H23ClN2O. The minimum absolute atomic E-state index is 0. The van der Waals surface area contributed by atoms with E-state index < -0.39 is 0 Å². The third-order valence-electron chi connectivity index (χ3n) is 3.63. The van der Waals surface area contributed by atoms with Crippen LogP contribution in [0.3, 0.4) is 0 Å². The molecule has 0 unspecified atom stereocenters. The zero-order chi connectivity index (χ0) is 12.4. The fraction of sp³-hybridized carbons (Fsp3) is 0.571. The molecule has 1 fully saturated rings. The zero-order valence-corrected chi connectivity index (χ0v) is 11.9. The fourth-order valence-electron chi connectivity index (χ4n) is 2.31. The highest BCUT2D eigenvalue weighted by Gasteiger charge is 2.31.